The third-order valence-corrected chi connectivity index (χ3v) is 9.08. The molecule has 1 atom stereocenters. The van der Waals surface area contributed by atoms with Gasteiger partial charge in [-0.15, -0.1) is 0 Å². The second-order valence-electron chi connectivity index (χ2n) is 10.0. The lowest BCUT2D eigenvalue weighted by molar-refractivity contribution is -0.385. The minimum absolute atomic E-state index is 0.107. The molecule has 45 heavy (non-hydrogen) atoms. The zero-order valence-corrected chi connectivity index (χ0v) is 27.8. The summed E-state index contributed by atoms with van der Waals surface area (Å²) in [5.74, 6) is 0.245. The standard InChI is InChI=1S/C32H27BrClN3O7S/c1-5-43-31(39)27-18(3)35-32-36(28(27)20-11-10-17(2)24(15-20)37(40)41)30(38)26(45-32)14-19-12-22(33)29(25(13-19)42-4)44-16-21-8-6-7-9-23(21)34/h6-15,28H,5,16H2,1-4H3/b26-14+/t28-/m0/s1. The molecule has 232 valence electrons. The van der Waals surface area contributed by atoms with E-state index in [0.717, 1.165) is 16.9 Å². The number of hydrogen-bond acceptors (Lipinski definition) is 9. The molecule has 1 aliphatic rings. The van der Waals surface area contributed by atoms with Crippen molar-refractivity contribution >= 4 is 56.6 Å². The van der Waals surface area contributed by atoms with E-state index >= 15 is 0 Å². The van der Waals surface area contributed by atoms with Gasteiger partial charge in [-0.1, -0.05) is 53.3 Å². The third-order valence-electron chi connectivity index (χ3n) is 7.14. The number of nitrogens with zero attached hydrogens (tertiary/aromatic N) is 3. The number of carbonyl (C=O) groups is 1. The predicted molar refractivity (Wildman–Crippen MR) is 175 cm³/mol. The van der Waals surface area contributed by atoms with Gasteiger partial charge in [0.05, 0.1) is 45.0 Å². The highest BCUT2D eigenvalue weighted by Gasteiger charge is 2.34. The summed E-state index contributed by atoms with van der Waals surface area (Å²) >= 11 is 11.0. The highest BCUT2D eigenvalue weighted by molar-refractivity contribution is 9.10. The number of ether oxygens (including phenoxy) is 3. The van der Waals surface area contributed by atoms with Gasteiger partial charge in [0.15, 0.2) is 16.3 Å². The zero-order valence-electron chi connectivity index (χ0n) is 24.6. The van der Waals surface area contributed by atoms with Gasteiger partial charge in [-0.3, -0.25) is 19.5 Å². The van der Waals surface area contributed by atoms with E-state index in [1.165, 1.54) is 17.7 Å². The molecule has 2 heterocycles. The molecule has 0 unspecified atom stereocenters. The van der Waals surface area contributed by atoms with Gasteiger partial charge in [0, 0.05) is 22.2 Å². The molecular formula is C32H27BrClN3O7S. The largest absolute Gasteiger partial charge is 0.493 e. The Morgan fingerprint density at radius 2 is 1.96 bits per heavy atom. The Morgan fingerprint density at radius 3 is 2.64 bits per heavy atom. The van der Waals surface area contributed by atoms with E-state index < -0.39 is 22.5 Å². The zero-order chi connectivity index (χ0) is 32.4. The Morgan fingerprint density at radius 1 is 1.20 bits per heavy atom. The number of allylic oxidation sites excluding steroid dienone is 1. The second kappa shape index (κ2) is 13.4. The van der Waals surface area contributed by atoms with Gasteiger partial charge in [0.2, 0.25) is 0 Å². The highest BCUT2D eigenvalue weighted by atomic mass is 79.9. The van der Waals surface area contributed by atoms with Crippen molar-refractivity contribution < 1.29 is 23.9 Å². The highest BCUT2D eigenvalue weighted by Crippen LogP contribution is 2.38. The first-order chi connectivity index (χ1) is 21.5. The molecule has 10 nitrogen and oxygen atoms in total. The van der Waals surface area contributed by atoms with Crippen LogP contribution in [-0.4, -0.2) is 29.2 Å². The Labute approximate surface area is 275 Å². The van der Waals surface area contributed by atoms with Crippen molar-refractivity contribution in [2.24, 2.45) is 4.99 Å². The van der Waals surface area contributed by atoms with Crippen LogP contribution in [0.1, 0.15) is 42.1 Å². The summed E-state index contributed by atoms with van der Waals surface area (Å²) in [5, 5.41) is 12.4. The monoisotopic (exact) mass is 711 g/mol. The quantitative estimate of drug-likeness (QED) is 0.118. The number of carbonyl (C=O) groups excluding carboxylic acids is 1. The summed E-state index contributed by atoms with van der Waals surface area (Å²) in [5.41, 5.74) is 2.24. The molecule has 0 spiro atoms. The number of fused-ring (bicyclic) bond motifs is 1. The van der Waals surface area contributed by atoms with Crippen LogP contribution in [0.2, 0.25) is 5.02 Å². The molecule has 0 N–H and O–H groups in total. The van der Waals surface area contributed by atoms with Crippen molar-refractivity contribution in [3.8, 4) is 11.5 Å². The van der Waals surface area contributed by atoms with Crippen molar-refractivity contribution in [3.63, 3.8) is 0 Å². The molecule has 0 amide bonds. The molecule has 0 radical (unpaired) electrons. The van der Waals surface area contributed by atoms with E-state index in [4.69, 9.17) is 25.8 Å². The van der Waals surface area contributed by atoms with Crippen molar-refractivity contribution in [3.05, 3.63) is 127 Å². The van der Waals surface area contributed by atoms with Crippen LogP contribution in [0.5, 0.6) is 11.5 Å². The molecule has 5 rings (SSSR count). The summed E-state index contributed by atoms with van der Waals surface area (Å²) in [6, 6.07) is 14.6. The number of benzene rings is 3. The summed E-state index contributed by atoms with van der Waals surface area (Å²) < 4.78 is 19.3. The summed E-state index contributed by atoms with van der Waals surface area (Å²) in [4.78, 5) is 43.4. The fourth-order valence-corrected chi connectivity index (χ4v) is 6.79. The Kier molecular flexibility index (Phi) is 9.56. The number of rotatable bonds is 9. The van der Waals surface area contributed by atoms with Crippen LogP contribution < -0.4 is 24.4 Å². The molecule has 4 aromatic rings. The van der Waals surface area contributed by atoms with Gasteiger partial charge < -0.3 is 14.2 Å². The maximum atomic E-state index is 14.0. The lowest BCUT2D eigenvalue weighted by atomic mass is 9.94. The van der Waals surface area contributed by atoms with Gasteiger partial charge in [-0.05, 0) is 72.1 Å². The molecule has 3 aromatic carbocycles. The van der Waals surface area contributed by atoms with Gasteiger partial charge in [0.25, 0.3) is 11.2 Å². The number of nitro groups is 1. The molecule has 0 saturated heterocycles. The fourth-order valence-electron chi connectivity index (χ4n) is 4.98. The van der Waals surface area contributed by atoms with Gasteiger partial charge in [0.1, 0.15) is 6.61 Å². The third kappa shape index (κ3) is 6.44. The summed E-state index contributed by atoms with van der Waals surface area (Å²) in [7, 11) is 1.52. The Bertz CT molecular complexity index is 2050. The average Bonchev–Trinajstić information content (AvgIpc) is 3.30. The van der Waals surface area contributed by atoms with E-state index in [9.17, 15) is 19.7 Å². The number of hydrogen-bond donors (Lipinski definition) is 0. The first-order valence-corrected chi connectivity index (χ1v) is 15.7. The molecule has 0 saturated carbocycles. The van der Waals surface area contributed by atoms with Crippen LogP contribution in [0.25, 0.3) is 6.08 Å². The summed E-state index contributed by atoms with van der Waals surface area (Å²) in [6.07, 6.45) is 1.69. The Hall–Kier alpha value is -4.26. The minimum atomic E-state index is -0.983. The molecular weight excluding hydrogens is 686 g/mol. The molecule has 1 aliphatic heterocycles. The lowest BCUT2D eigenvalue weighted by Gasteiger charge is -2.24. The lowest BCUT2D eigenvalue weighted by Crippen LogP contribution is -2.40. The minimum Gasteiger partial charge on any atom is -0.493 e. The van der Waals surface area contributed by atoms with Gasteiger partial charge in [-0.2, -0.15) is 0 Å². The number of aromatic nitrogens is 1. The maximum absolute atomic E-state index is 14.0. The number of halogens is 2. The van der Waals surface area contributed by atoms with E-state index in [1.807, 2.05) is 18.2 Å². The second-order valence-corrected chi connectivity index (χ2v) is 12.3. The van der Waals surface area contributed by atoms with E-state index in [0.29, 0.717) is 52.7 Å². The normalized spacial score (nSPS) is 14.5. The van der Waals surface area contributed by atoms with E-state index in [1.54, 1.807) is 57.2 Å². The maximum Gasteiger partial charge on any atom is 0.338 e. The van der Waals surface area contributed by atoms with E-state index in [-0.39, 0.29) is 24.5 Å². The van der Waals surface area contributed by atoms with Crippen molar-refractivity contribution in [1.29, 1.82) is 0 Å². The van der Waals surface area contributed by atoms with E-state index in [2.05, 4.69) is 20.9 Å². The van der Waals surface area contributed by atoms with Crippen LogP contribution in [0.3, 0.4) is 0 Å². The summed E-state index contributed by atoms with van der Waals surface area (Å²) in [6.45, 7) is 5.28. The predicted octanol–water partition coefficient (Wildman–Crippen LogP) is 6.02. The SMILES string of the molecule is CCOC(=O)C1=C(C)N=c2s/c(=C/c3cc(Br)c(OCc4ccccc4Cl)c(OC)c3)c(=O)n2[C@H]1c1ccc(C)c([N+](=O)[O-])c1. The van der Waals surface area contributed by atoms with Gasteiger partial charge >= 0.3 is 5.97 Å². The van der Waals surface area contributed by atoms with Crippen LogP contribution in [-0.2, 0) is 16.1 Å². The first kappa shape index (κ1) is 32.1. The smallest absolute Gasteiger partial charge is 0.338 e. The van der Waals surface area contributed by atoms with Crippen LogP contribution in [0.15, 0.2) is 80.1 Å². The van der Waals surface area contributed by atoms with Gasteiger partial charge in [-0.25, -0.2) is 9.79 Å². The molecule has 0 aliphatic carbocycles. The van der Waals surface area contributed by atoms with Crippen molar-refractivity contribution in [1.82, 2.24) is 4.57 Å². The number of thiazole rings is 1. The molecule has 13 heteroatoms. The average molecular weight is 713 g/mol. The molecule has 0 fully saturated rings. The Balaban J connectivity index is 1.61. The number of esters is 1. The molecule has 0 bridgehead atoms. The number of aryl methyl sites for hydroxylation is 1. The van der Waals surface area contributed by atoms with Crippen molar-refractivity contribution in [2.75, 3.05) is 13.7 Å². The topological polar surface area (TPSA) is 122 Å². The number of methoxy groups -OCH3 is 1. The van der Waals surface area contributed by atoms with Crippen LogP contribution >= 0.6 is 38.9 Å². The van der Waals surface area contributed by atoms with Crippen molar-refractivity contribution in [2.45, 2.75) is 33.4 Å². The van der Waals surface area contributed by atoms with Crippen LogP contribution in [0.4, 0.5) is 5.69 Å². The first-order valence-electron chi connectivity index (χ1n) is 13.7. The number of nitro benzene ring substituents is 1. The van der Waals surface area contributed by atoms with Crippen LogP contribution in [0, 0.1) is 17.0 Å². The fraction of sp³-hybridized carbons (Fsp3) is 0.219. The molecule has 1 aromatic heterocycles.